The highest BCUT2D eigenvalue weighted by atomic mass is 127. The van der Waals surface area contributed by atoms with Gasteiger partial charge in [0, 0.05) is 6.54 Å². The summed E-state index contributed by atoms with van der Waals surface area (Å²) in [6.45, 7) is 7.33. The highest BCUT2D eigenvalue weighted by Gasteiger charge is 2.12. The van der Waals surface area contributed by atoms with Gasteiger partial charge in [-0.15, -0.1) is 24.0 Å². The van der Waals surface area contributed by atoms with E-state index in [-0.39, 0.29) is 24.0 Å². The van der Waals surface area contributed by atoms with E-state index in [0.29, 0.717) is 12.5 Å². The molecule has 0 amide bonds. The van der Waals surface area contributed by atoms with Gasteiger partial charge in [-0.2, -0.15) is 0 Å². The first-order valence-electron chi connectivity index (χ1n) is 6.86. The highest BCUT2D eigenvalue weighted by molar-refractivity contribution is 14.0. The molecule has 18 heavy (non-hydrogen) atoms. The number of hydrogen-bond donors (Lipinski definition) is 2. The highest BCUT2D eigenvalue weighted by Crippen LogP contribution is 2.26. The molecule has 0 atom stereocenters. The van der Waals surface area contributed by atoms with Crippen LogP contribution in [0.1, 0.15) is 51.9 Å². The Kier molecular flexibility index (Phi) is 10.5. The summed E-state index contributed by atoms with van der Waals surface area (Å²) in [5.41, 5.74) is 6.78. The Morgan fingerprint density at radius 3 is 2.61 bits per heavy atom. The predicted molar refractivity (Wildman–Crippen MR) is 90.5 cm³/mol. The van der Waals surface area contributed by atoms with Crippen molar-refractivity contribution >= 4 is 29.9 Å². The zero-order valence-electron chi connectivity index (χ0n) is 11.6. The molecule has 0 radical (unpaired) electrons. The van der Waals surface area contributed by atoms with Crippen molar-refractivity contribution in [1.82, 2.24) is 5.32 Å². The van der Waals surface area contributed by atoms with Crippen molar-refractivity contribution < 1.29 is 0 Å². The Morgan fingerprint density at radius 1 is 1.33 bits per heavy atom. The predicted octanol–water partition coefficient (Wildman–Crippen LogP) is 3.45. The molecule has 3 N–H and O–H groups in total. The summed E-state index contributed by atoms with van der Waals surface area (Å²) in [5, 5.41) is 3.16. The molecule has 1 fully saturated rings. The standard InChI is InChI=1S/C14H27N3.HI/c1-12(2)11-17-14(15)16-10-6-9-13-7-4-3-5-8-13;/h13H,1,3-11H2,2H3,(H3,15,16,17);1H. The zero-order chi connectivity index (χ0) is 12.5. The van der Waals surface area contributed by atoms with Gasteiger partial charge in [0.25, 0.3) is 0 Å². The minimum absolute atomic E-state index is 0. The fourth-order valence-electron chi connectivity index (χ4n) is 2.36. The Hall–Kier alpha value is -0.260. The fraction of sp³-hybridized carbons (Fsp3) is 0.786. The SMILES string of the molecule is C=C(C)CN=C(N)NCCCC1CCCCC1.I. The Labute approximate surface area is 129 Å². The number of aliphatic imine (C=N–C) groups is 1. The van der Waals surface area contributed by atoms with Crippen LogP contribution in [0.15, 0.2) is 17.1 Å². The van der Waals surface area contributed by atoms with Gasteiger partial charge >= 0.3 is 0 Å². The molecule has 0 saturated heterocycles. The van der Waals surface area contributed by atoms with E-state index in [1.165, 1.54) is 44.9 Å². The van der Waals surface area contributed by atoms with Crippen molar-refractivity contribution in [2.45, 2.75) is 51.9 Å². The van der Waals surface area contributed by atoms with Crippen LogP contribution in [0.5, 0.6) is 0 Å². The molecule has 1 aliphatic carbocycles. The van der Waals surface area contributed by atoms with Crippen molar-refractivity contribution in [3.05, 3.63) is 12.2 Å². The van der Waals surface area contributed by atoms with Crippen LogP contribution >= 0.6 is 24.0 Å². The minimum Gasteiger partial charge on any atom is -0.370 e. The molecule has 1 saturated carbocycles. The molecule has 0 aliphatic heterocycles. The average Bonchev–Trinajstić information content (AvgIpc) is 2.33. The van der Waals surface area contributed by atoms with Crippen LogP contribution in [0.2, 0.25) is 0 Å². The number of nitrogens with zero attached hydrogens (tertiary/aromatic N) is 1. The first kappa shape index (κ1) is 17.7. The van der Waals surface area contributed by atoms with Crippen LogP contribution < -0.4 is 11.1 Å². The quantitative estimate of drug-likeness (QED) is 0.249. The summed E-state index contributed by atoms with van der Waals surface area (Å²) in [5.74, 6) is 1.51. The molecular weight excluding hydrogens is 337 g/mol. The third kappa shape index (κ3) is 8.78. The van der Waals surface area contributed by atoms with Gasteiger partial charge in [0.05, 0.1) is 6.54 Å². The normalized spacial score (nSPS) is 17.1. The molecule has 3 nitrogen and oxygen atoms in total. The van der Waals surface area contributed by atoms with Crippen molar-refractivity contribution in [2.75, 3.05) is 13.1 Å². The molecule has 0 bridgehead atoms. The van der Waals surface area contributed by atoms with Crippen molar-refractivity contribution in [3.63, 3.8) is 0 Å². The maximum absolute atomic E-state index is 5.74. The zero-order valence-corrected chi connectivity index (χ0v) is 13.9. The van der Waals surface area contributed by atoms with Gasteiger partial charge in [0.1, 0.15) is 0 Å². The number of guanidine groups is 1. The molecular formula is C14H28IN3. The minimum atomic E-state index is 0. The smallest absolute Gasteiger partial charge is 0.188 e. The maximum Gasteiger partial charge on any atom is 0.188 e. The van der Waals surface area contributed by atoms with E-state index >= 15 is 0 Å². The lowest BCUT2D eigenvalue weighted by Gasteiger charge is -2.21. The first-order chi connectivity index (χ1) is 8.18. The molecule has 1 aliphatic rings. The third-order valence-electron chi connectivity index (χ3n) is 3.34. The Morgan fingerprint density at radius 2 is 2.00 bits per heavy atom. The Bertz CT molecular complexity index is 258. The second kappa shape index (κ2) is 10.6. The number of hydrogen-bond acceptors (Lipinski definition) is 1. The number of nitrogens with one attached hydrogen (secondary N) is 1. The van der Waals surface area contributed by atoms with E-state index in [2.05, 4.69) is 16.9 Å². The van der Waals surface area contributed by atoms with Gasteiger partial charge in [-0.1, -0.05) is 44.3 Å². The van der Waals surface area contributed by atoms with Crippen LogP contribution in [-0.4, -0.2) is 19.0 Å². The van der Waals surface area contributed by atoms with Crippen LogP contribution in [0.4, 0.5) is 0 Å². The lowest BCUT2D eigenvalue weighted by atomic mass is 9.86. The van der Waals surface area contributed by atoms with Crippen molar-refractivity contribution in [3.8, 4) is 0 Å². The molecule has 4 heteroatoms. The van der Waals surface area contributed by atoms with E-state index in [9.17, 15) is 0 Å². The maximum atomic E-state index is 5.74. The number of nitrogens with two attached hydrogens (primary N) is 1. The molecule has 0 heterocycles. The van der Waals surface area contributed by atoms with E-state index in [0.717, 1.165) is 18.0 Å². The van der Waals surface area contributed by atoms with Crippen LogP contribution in [-0.2, 0) is 0 Å². The van der Waals surface area contributed by atoms with Gasteiger partial charge in [0.2, 0.25) is 0 Å². The summed E-state index contributed by atoms with van der Waals surface area (Å²) in [4.78, 5) is 4.19. The average molecular weight is 365 g/mol. The molecule has 0 aromatic rings. The first-order valence-corrected chi connectivity index (χ1v) is 6.86. The fourth-order valence-corrected chi connectivity index (χ4v) is 2.36. The van der Waals surface area contributed by atoms with Gasteiger partial charge < -0.3 is 11.1 Å². The molecule has 0 unspecified atom stereocenters. The van der Waals surface area contributed by atoms with Crippen LogP contribution in [0.3, 0.4) is 0 Å². The van der Waals surface area contributed by atoms with E-state index in [1.807, 2.05) is 6.92 Å². The van der Waals surface area contributed by atoms with Gasteiger partial charge in [-0.05, 0) is 25.7 Å². The second-order valence-corrected chi connectivity index (χ2v) is 5.23. The van der Waals surface area contributed by atoms with E-state index < -0.39 is 0 Å². The summed E-state index contributed by atoms with van der Waals surface area (Å²) < 4.78 is 0. The second-order valence-electron chi connectivity index (χ2n) is 5.23. The van der Waals surface area contributed by atoms with Crippen LogP contribution in [0, 0.1) is 5.92 Å². The number of halogens is 1. The summed E-state index contributed by atoms with van der Waals surface area (Å²) in [6.07, 6.45) is 9.70. The Balaban J connectivity index is 0.00000289. The topological polar surface area (TPSA) is 50.4 Å². The van der Waals surface area contributed by atoms with Gasteiger partial charge in [-0.3, -0.25) is 0 Å². The van der Waals surface area contributed by atoms with E-state index in [4.69, 9.17) is 5.73 Å². The lowest BCUT2D eigenvalue weighted by molar-refractivity contribution is 0.332. The molecule has 0 spiro atoms. The lowest BCUT2D eigenvalue weighted by Crippen LogP contribution is -2.32. The summed E-state index contributed by atoms with van der Waals surface area (Å²) >= 11 is 0. The van der Waals surface area contributed by atoms with Gasteiger partial charge in [0.15, 0.2) is 5.96 Å². The van der Waals surface area contributed by atoms with Crippen LogP contribution in [0.25, 0.3) is 0 Å². The molecule has 0 aromatic carbocycles. The van der Waals surface area contributed by atoms with Gasteiger partial charge in [-0.25, -0.2) is 4.99 Å². The van der Waals surface area contributed by atoms with Crippen molar-refractivity contribution in [2.24, 2.45) is 16.6 Å². The summed E-state index contributed by atoms with van der Waals surface area (Å²) in [6, 6.07) is 0. The summed E-state index contributed by atoms with van der Waals surface area (Å²) in [7, 11) is 0. The van der Waals surface area contributed by atoms with E-state index in [1.54, 1.807) is 0 Å². The molecule has 0 aromatic heterocycles. The monoisotopic (exact) mass is 365 g/mol. The molecule has 106 valence electrons. The van der Waals surface area contributed by atoms with Crippen molar-refractivity contribution in [1.29, 1.82) is 0 Å². The third-order valence-corrected chi connectivity index (χ3v) is 3.34. The largest absolute Gasteiger partial charge is 0.370 e. The molecule has 1 rings (SSSR count). The number of rotatable bonds is 6.